The fourth-order valence-electron chi connectivity index (χ4n) is 4.23. The molecular formula is C28H25N3O4S. The number of nitrogens with one attached hydrogen (secondary N) is 1. The third-order valence-electron chi connectivity index (χ3n) is 6.05. The first-order chi connectivity index (χ1) is 17.6. The van der Waals surface area contributed by atoms with Gasteiger partial charge in [-0.05, 0) is 52.2 Å². The molecule has 2 aliphatic rings. The predicted molar refractivity (Wildman–Crippen MR) is 142 cm³/mol. The molecule has 2 aliphatic heterocycles. The second-order valence-electron chi connectivity index (χ2n) is 8.45. The van der Waals surface area contributed by atoms with Gasteiger partial charge in [0.25, 0.3) is 5.91 Å². The lowest BCUT2D eigenvalue weighted by molar-refractivity contribution is -0.145. The zero-order valence-corrected chi connectivity index (χ0v) is 20.3. The number of carbonyl (C=O) groups excluding carboxylic acids is 1. The molecule has 3 aromatic carbocycles. The van der Waals surface area contributed by atoms with Gasteiger partial charge in [0.1, 0.15) is 6.04 Å². The smallest absolute Gasteiger partial charge is 0.325 e. The first kappa shape index (κ1) is 24.0. The number of benzene rings is 3. The summed E-state index contributed by atoms with van der Waals surface area (Å²) in [6, 6.07) is 24.6. The van der Waals surface area contributed by atoms with Crippen molar-refractivity contribution in [2.45, 2.75) is 6.04 Å². The van der Waals surface area contributed by atoms with Gasteiger partial charge >= 0.3 is 5.97 Å². The molecule has 2 heterocycles. The molecule has 2 N–H and O–H groups in total. The number of aliphatic carboxylic acids is 1. The van der Waals surface area contributed by atoms with Gasteiger partial charge in [0.05, 0.1) is 23.8 Å². The first-order valence-electron chi connectivity index (χ1n) is 11.7. The SMILES string of the molecule is O=C1NC(=Nc2ccc(C(C(=O)O)N3CCOCC3)cc2)S/C1=C\c1ccc(-c2ccccc2)cc1. The van der Waals surface area contributed by atoms with E-state index in [4.69, 9.17) is 4.74 Å². The molecule has 8 heteroatoms. The van der Waals surface area contributed by atoms with E-state index in [1.807, 2.05) is 53.4 Å². The molecule has 0 aromatic heterocycles. The topological polar surface area (TPSA) is 91.2 Å². The molecule has 1 amide bonds. The number of ether oxygens (including phenoxy) is 1. The van der Waals surface area contributed by atoms with Crippen molar-refractivity contribution >= 4 is 40.6 Å². The maximum Gasteiger partial charge on any atom is 0.325 e. The number of amides is 1. The summed E-state index contributed by atoms with van der Waals surface area (Å²) in [5, 5.41) is 13.1. The van der Waals surface area contributed by atoms with E-state index in [9.17, 15) is 14.7 Å². The van der Waals surface area contributed by atoms with Gasteiger partial charge in [0.2, 0.25) is 0 Å². The van der Waals surface area contributed by atoms with E-state index in [2.05, 4.69) is 22.4 Å². The van der Waals surface area contributed by atoms with Gasteiger partial charge in [-0.2, -0.15) is 0 Å². The molecule has 0 spiro atoms. The van der Waals surface area contributed by atoms with E-state index < -0.39 is 12.0 Å². The third kappa shape index (κ3) is 5.57. The Labute approximate surface area is 213 Å². The minimum absolute atomic E-state index is 0.194. The molecule has 5 rings (SSSR count). The lowest BCUT2D eigenvalue weighted by Gasteiger charge is -2.32. The number of hydrogen-bond donors (Lipinski definition) is 2. The molecule has 0 radical (unpaired) electrons. The Morgan fingerprint density at radius 1 is 0.972 bits per heavy atom. The van der Waals surface area contributed by atoms with E-state index in [1.54, 1.807) is 24.3 Å². The van der Waals surface area contributed by atoms with Crippen molar-refractivity contribution in [1.29, 1.82) is 0 Å². The number of thioether (sulfide) groups is 1. The number of amidine groups is 1. The van der Waals surface area contributed by atoms with Gasteiger partial charge in [0, 0.05) is 13.1 Å². The minimum atomic E-state index is -0.888. The normalized spacial score (nSPS) is 19.4. The molecule has 1 unspecified atom stereocenters. The summed E-state index contributed by atoms with van der Waals surface area (Å²) in [6.07, 6.45) is 1.85. The number of rotatable bonds is 6. The van der Waals surface area contributed by atoms with E-state index >= 15 is 0 Å². The Morgan fingerprint density at radius 2 is 1.64 bits per heavy atom. The van der Waals surface area contributed by atoms with Gasteiger partial charge in [-0.3, -0.25) is 14.5 Å². The largest absolute Gasteiger partial charge is 0.480 e. The highest BCUT2D eigenvalue weighted by atomic mass is 32.2. The maximum absolute atomic E-state index is 12.5. The summed E-state index contributed by atoms with van der Waals surface area (Å²) >= 11 is 1.28. The molecule has 0 aliphatic carbocycles. The van der Waals surface area contributed by atoms with Gasteiger partial charge < -0.3 is 15.2 Å². The highest BCUT2D eigenvalue weighted by molar-refractivity contribution is 8.18. The molecular weight excluding hydrogens is 474 g/mol. The number of carbonyl (C=O) groups is 2. The van der Waals surface area contributed by atoms with Crippen LogP contribution in [0, 0.1) is 0 Å². The summed E-state index contributed by atoms with van der Waals surface area (Å²) in [6.45, 7) is 2.21. The number of morpholine rings is 1. The molecule has 36 heavy (non-hydrogen) atoms. The van der Waals surface area contributed by atoms with Crippen LogP contribution in [0.5, 0.6) is 0 Å². The van der Waals surface area contributed by atoms with Gasteiger partial charge in [-0.1, -0.05) is 66.7 Å². The lowest BCUT2D eigenvalue weighted by Crippen LogP contribution is -2.42. The lowest BCUT2D eigenvalue weighted by atomic mass is 10.0. The summed E-state index contributed by atoms with van der Waals surface area (Å²) < 4.78 is 5.34. The molecule has 0 saturated carbocycles. The van der Waals surface area contributed by atoms with Crippen molar-refractivity contribution in [2.24, 2.45) is 4.99 Å². The Hall–Kier alpha value is -3.72. The Balaban J connectivity index is 1.28. The number of nitrogens with zero attached hydrogens (tertiary/aromatic N) is 2. The van der Waals surface area contributed by atoms with Gasteiger partial charge in [-0.25, -0.2) is 4.99 Å². The van der Waals surface area contributed by atoms with Crippen molar-refractivity contribution in [3.63, 3.8) is 0 Å². The standard InChI is InChI=1S/C28H25N3O4S/c32-26-24(18-19-6-8-21(9-7-19)20-4-2-1-3-5-20)36-28(30-26)29-23-12-10-22(11-13-23)25(27(33)34)31-14-16-35-17-15-31/h1-13,18,25H,14-17H2,(H,33,34)(H,29,30,32)/b24-18-. The van der Waals surface area contributed by atoms with Crippen molar-refractivity contribution < 1.29 is 19.4 Å². The van der Waals surface area contributed by atoms with Crippen LogP contribution in [0.4, 0.5) is 5.69 Å². The van der Waals surface area contributed by atoms with Crippen LogP contribution in [0.15, 0.2) is 88.8 Å². The Morgan fingerprint density at radius 3 is 2.31 bits per heavy atom. The van der Waals surface area contributed by atoms with Crippen molar-refractivity contribution in [3.05, 3.63) is 94.9 Å². The summed E-state index contributed by atoms with van der Waals surface area (Å²) in [4.78, 5) is 31.4. The number of carboxylic acids is 1. The van der Waals surface area contributed by atoms with Crippen molar-refractivity contribution in [1.82, 2.24) is 10.2 Å². The molecule has 3 aromatic rings. The van der Waals surface area contributed by atoms with E-state index in [0.29, 0.717) is 47.6 Å². The summed E-state index contributed by atoms with van der Waals surface area (Å²) in [7, 11) is 0. The average Bonchev–Trinajstić information content (AvgIpc) is 3.24. The van der Waals surface area contributed by atoms with Crippen LogP contribution in [0.3, 0.4) is 0 Å². The van der Waals surface area contributed by atoms with E-state index in [1.165, 1.54) is 11.8 Å². The monoisotopic (exact) mass is 499 g/mol. The average molecular weight is 500 g/mol. The minimum Gasteiger partial charge on any atom is -0.480 e. The summed E-state index contributed by atoms with van der Waals surface area (Å²) in [5.74, 6) is -1.08. The fourth-order valence-corrected chi connectivity index (χ4v) is 5.07. The number of carboxylic acid groups (broad SMARTS) is 1. The molecule has 1 atom stereocenters. The zero-order valence-electron chi connectivity index (χ0n) is 19.5. The molecule has 182 valence electrons. The van der Waals surface area contributed by atoms with Crippen LogP contribution in [0.25, 0.3) is 17.2 Å². The van der Waals surface area contributed by atoms with Crippen LogP contribution in [0.2, 0.25) is 0 Å². The van der Waals surface area contributed by atoms with Crippen LogP contribution in [-0.2, 0) is 14.3 Å². The highest BCUT2D eigenvalue weighted by Crippen LogP contribution is 2.30. The number of hydrogen-bond acceptors (Lipinski definition) is 6. The molecule has 7 nitrogen and oxygen atoms in total. The Kier molecular flexibility index (Phi) is 7.27. The molecule has 2 fully saturated rings. The first-order valence-corrected chi connectivity index (χ1v) is 12.5. The van der Waals surface area contributed by atoms with Crippen molar-refractivity contribution in [3.8, 4) is 11.1 Å². The van der Waals surface area contributed by atoms with Crippen LogP contribution >= 0.6 is 11.8 Å². The summed E-state index contributed by atoms with van der Waals surface area (Å²) in [5.41, 5.74) is 4.52. The molecule has 2 saturated heterocycles. The van der Waals surface area contributed by atoms with Crippen LogP contribution < -0.4 is 5.32 Å². The Bertz CT molecular complexity index is 1300. The fraction of sp³-hybridized carbons (Fsp3) is 0.179. The van der Waals surface area contributed by atoms with Gasteiger partial charge in [0.15, 0.2) is 5.17 Å². The second kappa shape index (κ2) is 10.9. The second-order valence-corrected chi connectivity index (χ2v) is 9.48. The molecule has 0 bridgehead atoms. The predicted octanol–water partition coefficient (Wildman–Crippen LogP) is 4.70. The maximum atomic E-state index is 12.5. The highest BCUT2D eigenvalue weighted by Gasteiger charge is 2.29. The number of aliphatic imine (C=N–C) groups is 1. The van der Waals surface area contributed by atoms with Crippen LogP contribution in [-0.4, -0.2) is 53.4 Å². The van der Waals surface area contributed by atoms with E-state index in [-0.39, 0.29) is 5.91 Å². The quantitative estimate of drug-likeness (QED) is 0.478. The van der Waals surface area contributed by atoms with Crippen molar-refractivity contribution in [2.75, 3.05) is 26.3 Å². The third-order valence-corrected chi connectivity index (χ3v) is 6.96. The van der Waals surface area contributed by atoms with Gasteiger partial charge in [-0.15, -0.1) is 0 Å². The zero-order chi connectivity index (χ0) is 24.9. The van der Waals surface area contributed by atoms with E-state index in [0.717, 1.165) is 16.7 Å². The van der Waals surface area contributed by atoms with Crippen LogP contribution in [0.1, 0.15) is 17.2 Å².